The number of morpholine rings is 1. The standard InChI is InChI=1S/C16H20FN3O3S/c17-14-4-3-13(10-18)16(9-14)24(21,22)20-7-8-23-15(12-20)11-19-5-1-2-6-19/h3-4,9,15H,1-2,5-8,11-12H2. The van der Waals surface area contributed by atoms with Crippen molar-refractivity contribution < 1.29 is 17.5 Å². The van der Waals surface area contributed by atoms with Gasteiger partial charge in [-0.2, -0.15) is 9.57 Å². The van der Waals surface area contributed by atoms with E-state index in [2.05, 4.69) is 4.90 Å². The van der Waals surface area contributed by atoms with Crippen LogP contribution in [0.1, 0.15) is 18.4 Å². The van der Waals surface area contributed by atoms with Crippen LogP contribution in [0.3, 0.4) is 0 Å². The van der Waals surface area contributed by atoms with Gasteiger partial charge in [-0.1, -0.05) is 0 Å². The minimum atomic E-state index is -3.92. The molecule has 0 aliphatic carbocycles. The predicted molar refractivity (Wildman–Crippen MR) is 85.3 cm³/mol. The number of likely N-dealkylation sites (tertiary alicyclic amines) is 1. The summed E-state index contributed by atoms with van der Waals surface area (Å²) in [6, 6.07) is 5.03. The van der Waals surface area contributed by atoms with Gasteiger partial charge in [-0.3, -0.25) is 0 Å². The van der Waals surface area contributed by atoms with Gasteiger partial charge in [-0.15, -0.1) is 0 Å². The van der Waals surface area contributed by atoms with Crippen molar-refractivity contribution in [3.63, 3.8) is 0 Å². The van der Waals surface area contributed by atoms with Crippen molar-refractivity contribution in [1.29, 1.82) is 5.26 Å². The number of rotatable bonds is 4. The highest BCUT2D eigenvalue weighted by atomic mass is 32.2. The highest BCUT2D eigenvalue weighted by molar-refractivity contribution is 7.89. The van der Waals surface area contributed by atoms with Gasteiger partial charge < -0.3 is 9.64 Å². The van der Waals surface area contributed by atoms with Crippen LogP contribution in [0.5, 0.6) is 0 Å². The number of halogens is 1. The second-order valence-electron chi connectivity index (χ2n) is 6.12. The van der Waals surface area contributed by atoms with E-state index in [1.165, 1.54) is 10.4 Å². The van der Waals surface area contributed by atoms with Crippen LogP contribution in [-0.2, 0) is 14.8 Å². The molecule has 24 heavy (non-hydrogen) atoms. The highest BCUT2D eigenvalue weighted by Gasteiger charge is 2.33. The molecule has 3 rings (SSSR count). The molecule has 0 spiro atoms. The predicted octanol–water partition coefficient (Wildman–Crippen LogP) is 1.18. The van der Waals surface area contributed by atoms with E-state index in [0.717, 1.165) is 38.1 Å². The maximum absolute atomic E-state index is 13.5. The van der Waals surface area contributed by atoms with E-state index >= 15 is 0 Å². The highest BCUT2D eigenvalue weighted by Crippen LogP contribution is 2.23. The first-order chi connectivity index (χ1) is 11.5. The molecule has 2 heterocycles. The summed E-state index contributed by atoms with van der Waals surface area (Å²) < 4.78 is 46.2. The zero-order chi connectivity index (χ0) is 17.2. The maximum Gasteiger partial charge on any atom is 0.244 e. The van der Waals surface area contributed by atoms with Crippen LogP contribution in [-0.4, -0.2) is 63.1 Å². The lowest BCUT2D eigenvalue weighted by molar-refractivity contribution is -0.0166. The summed E-state index contributed by atoms with van der Waals surface area (Å²) >= 11 is 0. The smallest absolute Gasteiger partial charge is 0.244 e. The number of nitrogens with zero attached hydrogens (tertiary/aromatic N) is 3. The van der Waals surface area contributed by atoms with Crippen molar-refractivity contribution in [2.24, 2.45) is 0 Å². The molecule has 1 unspecified atom stereocenters. The molecular formula is C16H20FN3O3S. The normalized spacial score (nSPS) is 23.2. The first kappa shape index (κ1) is 17.3. The Hall–Kier alpha value is -1.53. The molecule has 0 saturated carbocycles. The lowest BCUT2D eigenvalue weighted by Gasteiger charge is -2.34. The van der Waals surface area contributed by atoms with E-state index in [1.807, 2.05) is 6.07 Å². The van der Waals surface area contributed by atoms with Crippen LogP contribution in [0.25, 0.3) is 0 Å². The van der Waals surface area contributed by atoms with E-state index < -0.39 is 15.8 Å². The minimum Gasteiger partial charge on any atom is -0.374 e. The van der Waals surface area contributed by atoms with E-state index in [0.29, 0.717) is 13.2 Å². The molecule has 1 aromatic carbocycles. The second-order valence-corrected chi connectivity index (χ2v) is 8.02. The Labute approximate surface area is 141 Å². The van der Waals surface area contributed by atoms with Crippen LogP contribution in [0.4, 0.5) is 4.39 Å². The third kappa shape index (κ3) is 3.59. The van der Waals surface area contributed by atoms with E-state index in [9.17, 15) is 12.8 Å². The molecule has 0 amide bonds. The minimum absolute atomic E-state index is 0.0426. The Morgan fingerprint density at radius 2 is 2.04 bits per heavy atom. The van der Waals surface area contributed by atoms with Crippen LogP contribution in [0.2, 0.25) is 0 Å². The van der Waals surface area contributed by atoms with Gasteiger partial charge in [0, 0.05) is 19.6 Å². The quantitative estimate of drug-likeness (QED) is 0.813. The molecule has 2 aliphatic heterocycles. The number of hydrogen-bond donors (Lipinski definition) is 0. The first-order valence-corrected chi connectivity index (χ1v) is 9.48. The lowest BCUT2D eigenvalue weighted by atomic mass is 10.2. The number of hydrogen-bond acceptors (Lipinski definition) is 5. The Kier molecular flexibility index (Phi) is 5.15. The van der Waals surface area contributed by atoms with Gasteiger partial charge in [-0.25, -0.2) is 12.8 Å². The molecule has 1 atom stereocenters. The molecule has 6 nitrogen and oxygen atoms in total. The third-order valence-electron chi connectivity index (χ3n) is 4.44. The third-order valence-corrected chi connectivity index (χ3v) is 6.35. The van der Waals surface area contributed by atoms with Crippen LogP contribution < -0.4 is 0 Å². The molecule has 130 valence electrons. The molecule has 0 N–H and O–H groups in total. The topological polar surface area (TPSA) is 73.6 Å². The summed E-state index contributed by atoms with van der Waals surface area (Å²) in [5.41, 5.74) is -0.0426. The number of ether oxygens (including phenoxy) is 1. The fourth-order valence-electron chi connectivity index (χ4n) is 3.22. The Morgan fingerprint density at radius 1 is 1.29 bits per heavy atom. The molecular weight excluding hydrogens is 333 g/mol. The Morgan fingerprint density at radius 3 is 2.75 bits per heavy atom. The van der Waals surface area contributed by atoms with Crippen molar-refractivity contribution in [3.05, 3.63) is 29.6 Å². The summed E-state index contributed by atoms with van der Waals surface area (Å²) in [4.78, 5) is 2.00. The van der Waals surface area contributed by atoms with Gasteiger partial charge in [0.05, 0.1) is 18.3 Å². The molecule has 1 aromatic rings. The van der Waals surface area contributed by atoms with Gasteiger partial charge in [0.25, 0.3) is 0 Å². The zero-order valence-corrected chi connectivity index (χ0v) is 14.1. The number of benzene rings is 1. The molecule has 2 fully saturated rings. The number of nitriles is 1. The van der Waals surface area contributed by atoms with Crippen molar-refractivity contribution in [2.45, 2.75) is 23.8 Å². The summed E-state index contributed by atoms with van der Waals surface area (Å²) in [5.74, 6) is -0.672. The molecule has 0 aromatic heterocycles. The van der Waals surface area contributed by atoms with Gasteiger partial charge in [0.1, 0.15) is 16.8 Å². The summed E-state index contributed by atoms with van der Waals surface area (Å²) in [6.07, 6.45) is 2.11. The summed E-state index contributed by atoms with van der Waals surface area (Å²) in [7, 11) is -3.92. The molecule has 2 aliphatic rings. The van der Waals surface area contributed by atoms with Crippen LogP contribution >= 0.6 is 0 Å². The van der Waals surface area contributed by atoms with E-state index in [1.54, 1.807) is 0 Å². The summed E-state index contributed by atoms with van der Waals surface area (Å²) in [6.45, 7) is 3.44. The molecule has 0 bridgehead atoms. The van der Waals surface area contributed by atoms with Gasteiger partial charge in [-0.05, 0) is 44.1 Å². The fraction of sp³-hybridized carbons (Fsp3) is 0.562. The SMILES string of the molecule is N#Cc1ccc(F)cc1S(=O)(=O)N1CCOC(CN2CCCC2)C1. The molecule has 0 radical (unpaired) electrons. The van der Waals surface area contributed by atoms with Crippen molar-refractivity contribution in [1.82, 2.24) is 9.21 Å². The Bertz CT molecular complexity index is 741. The number of sulfonamides is 1. The van der Waals surface area contributed by atoms with Gasteiger partial charge >= 0.3 is 0 Å². The zero-order valence-electron chi connectivity index (χ0n) is 13.3. The van der Waals surface area contributed by atoms with Crippen molar-refractivity contribution in [3.8, 4) is 6.07 Å². The van der Waals surface area contributed by atoms with Crippen LogP contribution in [0, 0.1) is 17.1 Å². The maximum atomic E-state index is 13.5. The van der Waals surface area contributed by atoms with Gasteiger partial charge in [0.15, 0.2) is 0 Å². The first-order valence-electron chi connectivity index (χ1n) is 8.04. The van der Waals surface area contributed by atoms with E-state index in [-0.39, 0.29) is 29.7 Å². The molecule has 2 saturated heterocycles. The lowest BCUT2D eigenvalue weighted by Crippen LogP contribution is -2.49. The van der Waals surface area contributed by atoms with Crippen molar-refractivity contribution in [2.75, 3.05) is 39.3 Å². The van der Waals surface area contributed by atoms with E-state index in [4.69, 9.17) is 10.00 Å². The Balaban J connectivity index is 1.79. The van der Waals surface area contributed by atoms with Crippen molar-refractivity contribution >= 4 is 10.0 Å². The monoisotopic (exact) mass is 353 g/mol. The van der Waals surface area contributed by atoms with Crippen LogP contribution in [0.15, 0.2) is 23.1 Å². The van der Waals surface area contributed by atoms with Gasteiger partial charge in [0.2, 0.25) is 10.0 Å². The fourth-order valence-corrected chi connectivity index (χ4v) is 4.82. The average molecular weight is 353 g/mol. The average Bonchev–Trinajstić information content (AvgIpc) is 3.08. The largest absolute Gasteiger partial charge is 0.374 e. The second kappa shape index (κ2) is 7.15. The molecule has 8 heteroatoms. The summed E-state index contributed by atoms with van der Waals surface area (Å²) in [5, 5.41) is 9.13.